The number of hydrogen-bond donors (Lipinski definition) is 2. The van der Waals surface area contributed by atoms with Crippen LogP contribution in [0, 0.1) is 5.92 Å². The number of hydrogen-bond acceptors (Lipinski definition) is 3. The molecule has 0 amide bonds. The van der Waals surface area contributed by atoms with Crippen molar-refractivity contribution in [2.75, 3.05) is 19.8 Å². The van der Waals surface area contributed by atoms with E-state index in [2.05, 4.69) is 0 Å². The van der Waals surface area contributed by atoms with Gasteiger partial charge in [0.25, 0.3) is 0 Å². The Morgan fingerprint density at radius 1 is 1.33 bits per heavy atom. The van der Waals surface area contributed by atoms with Gasteiger partial charge in [0.1, 0.15) is 0 Å². The van der Waals surface area contributed by atoms with Crippen LogP contribution in [0.15, 0.2) is 0 Å². The maximum atomic E-state index is 8.62. The van der Waals surface area contributed by atoms with Gasteiger partial charge in [-0.25, -0.2) is 0 Å². The van der Waals surface area contributed by atoms with Crippen molar-refractivity contribution >= 4 is 0 Å². The van der Waals surface area contributed by atoms with E-state index < -0.39 is 0 Å². The van der Waals surface area contributed by atoms with Crippen molar-refractivity contribution in [3.8, 4) is 0 Å². The molecular weight excluding hydrogens is 120 g/mol. The van der Waals surface area contributed by atoms with E-state index in [1.165, 1.54) is 0 Å². The molecule has 1 rings (SSSR count). The molecule has 0 aromatic rings. The van der Waals surface area contributed by atoms with E-state index in [1.54, 1.807) is 0 Å². The van der Waals surface area contributed by atoms with Crippen LogP contribution in [0.3, 0.4) is 0 Å². The normalized spacial score (nSPS) is 35.3. The highest BCUT2D eigenvalue weighted by Crippen LogP contribution is 2.17. The molecule has 1 saturated heterocycles. The second-order valence-electron chi connectivity index (χ2n) is 2.42. The Kier molecular flexibility index (Phi) is 2.45. The van der Waals surface area contributed by atoms with Crippen LogP contribution in [0.4, 0.5) is 0 Å². The van der Waals surface area contributed by atoms with E-state index in [0.717, 1.165) is 6.42 Å². The molecule has 1 aliphatic heterocycles. The number of rotatable bonds is 2. The Bertz CT molecular complexity index is 74.4. The van der Waals surface area contributed by atoms with E-state index in [1.807, 2.05) is 0 Å². The Hall–Kier alpha value is -0.120. The Morgan fingerprint density at radius 3 is 2.44 bits per heavy atom. The molecule has 3 nitrogen and oxygen atoms in total. The number of ether oxygens (including phenoxy) is 1. The predicted molar refractivity (Wildman–Crippen MR) is 32.0 cm³/mol. The summed E-state index contributed by atoms with van der Waals surface area (Å²) in [5, 5.41) is 17.2. The lowest BCUT2D eigenvalue weighted by Gasteiger charge is -2.01. The second kappa shape index (κ2) is 3.15. The molecular formula is C6H12O3. The molecule has 0 radical (unpaired) electrons. The predicted octanol–water partition coefficient (Wildman–Crippen LogP) is -0.624. The average Bonchev–Trinajstić information content (AvgIpc) is 2.34. The molecule has 3 heteroatoms. The Balaban J connectivity index is 2.20. The molecule has 2 atom stereocenters. The fourth-order valence-corrected chi connectivity index (χ4v) is 1.03. The molecule has 0 saturated carbocycles. The van der Waals surface area contributed by atoms with E-state index in [-0.39, 0.29) is 25.2 Å². The fraction of sp³-hybridized carbons (Fsp3) is 1.00. The second-order valence-corrected chi connectivity index (χ2v) is 2.42. The van der Waals surface area contributed by atoms with Gasteiger partial charge in [-0.1, -0.05) is 0 Å². The van der Waals surface area contributed by atoms with Crippen molar-refractivity contribution in [2.24, 2.45) is 5.92 Å². The Morgan fingerprint density at radius 2 is 2.11 bits per heavy atom. The van der Waals surface area contributed by atoms with Crippen LogP contribution >= 0.6 is 0 Å². The lowest BCUT2D eigenvalue weighted by Crippen LogP contribution is -2.10. The van der Waals surface area contributed by atoms with Crippen molar-refractivity contribution in [1.29, 1.82) is 0 Å². The topological polar surface area (TPSA) is 49.7 Å². The first-order valence-electron chi connectivity index (χ1n) is 3.20. The van der Waals surface area contributed by atoms with E-state index in [4.69, 9.17) is 14.9 Å². The SMILES string of the molecule is OCC1COC(CO)C1. The van der Waals surface area contributed by atoms with Gasteiger partial charge in [-0.05, 0) is 6.42 Å². The molecule has 1 aliphatic rings. The first-order valence-corrected chi connectivity index (χ1v) is 3.20. The van der Waals surface area contributed by atoms with Crippen molar-refractivity contribution in [3.05, 3.63) is 0 Å². The van der Waals surface area contributed by atoms with Gasteiger partial charge in [-0.3, -0.25) is 0 Å². The van der Waals surface area contributed by atoms with E-state index in [9.17, 15) is 0 Å². The van der Waals surface area contributed by atoms with Crippen LogP contribution in [-0.4, -0.2) is 36.1 Å². The first kappa shape index (κ1) is 6.99. The number of aliphatic hydroxyl groups excluding tert-OH is 2. The quantitative estimate of drug-likeness (QED) is 0.526. The monoisotopic (exact) mass is 132 g/mol. The third-order valence-corrected chi connectivity index (χ3v) is 1.63. The van der Waals surface area contributed by atoms with Crippen LogP contribution < -0.4 is 0 Å². The zero-order valence-corrected chi connectivity index (χ0v) is 5.29. The molecule has 0 aliphatic carbocycles. The van der Waals surface area contributed by atoms with E-state index in [0.29, 0.717) is 6.61 Å². The lowest BCUT2D eigenvalue weighted by atomic mass is 10.1. The first-order chi connectivity index (χ1) is 4.36. The summed E-state index contributed by atoms with van der Waals surface area (Å²) >= 11 is 0. The van der Waals surface area contributed by atoms with Gasteiger partial charge in [-0.2, -0.15) is 0 Å². The fourth-order valence-electron chi connectivity index (χ4n) is 1.03. The van der Waals surface area contributed by atoms with Crippen molar-refractivity contribution in [2.45, 2.75) is 12.5 Å². The highest BCUT2D eigenvalue weighted by Gasteiger charge is 2.23. The molecule has 0 spiro atoms. The molecule has 9 heavy (non-hydrogen) atoms. The Labute approximate surface area is 54.3 Å². The summed E-state index contributed by atoms with van der Waals surface area (Å²) in [5.74, 6) is 0.252. The highest BCUT2D eigenvalue weighted by atomic mass is 16.5. The largest absolute Gasteiger partial charge is 0.396 e. The highest BCUT2D eigenvalue weighted by molar-refractivity contribution is 4.71. The molecule has 2 unspecified atom stereocenters. The maximum Gasteiger partial charge on any atom is 0.0810 e. The van der Waals surface area contributed by atoms with Gasteiger partial charge >= 0.3 is 0 Å². The molecule has 0 bridgehead atoms. The summed E-state index contributed by atoms with van der Waals surface area (Å²) in [5.41, 5.74) is 0. The van der Waals surface area contributed by atoms with Gasteiger partial charge in [0.15, 0.2) is 0 Å². The molecule has 0 aromatic heterocycles. The molecule has 54 valence electrons. The van der Waals surface area contributed by atoms with Gasteiger partial charge in [-0.15, -0.1) is 0 Å². The molecule has 2 N–H and O–H groups in total. The zero-order valence-electron chi connectivity index (χ0n) is 5.29. The van der Waals surface area contributed by atoms with Crippen LogP contribution in [-0.2, 0) is 4.74 Å². The molecule has 0 aromatic carbocycles. The van der Waals surface area contributed by atoms with Crippen LogP contribution in [0.2, 0.25) is 0 Å². The third-order valence-electron chi connectivity index (χ3n) is 1.63. The van der Waals surface area contributed by atoms with Crippen LogP contribution in [0.1, 0.15) is 6.42 Å². The summed E-state index contributed by atoms with van der Waals surface area (Å²) in [7, 11) is 0. The van der Waals surface area contributed by atoms with Crippen molar-refractivity contribution < 1.29 is 14.9 Å². The molecule has 1 fully saturated rings. The van der Waals surface area contributed by atoms with Crippen LogP contribution in [0.5, 0.6) is 0 Å². The van der Waals surface area contributed by atoms with Gasteiger partial charge in [0.2, 0.25) is 0 Å². The van der Waals surface area contributed by atoms with Gasteiger partial charge < -0.3 is 14.9 Å². The lowest BCUT2D eigenvalue weighted by molar-refractivity contribution is 0.0557. The van der Waals surface area contributed by atoms with Gasteiger partial charge in [0.05, 0.1) is 19.3 Å². The van der Waals surface area contributed by atoms with Crippen molar-refractivity contribution in [1.82, 2.24) is 0 Å². The van der Waals surface area contributed by atoms with Crippen LogP contribution in [0.25, 0.3) is 0 Å². The van der Waals surface area contributed by atoms with Crippen molar-refractivity contribution in [3.63, 3.8) is 0 Å². The standard InChI is InChI=1S/C6H12O3/c7-2-5-1-6(3-8)9-4-5/h5-8H,1-4H2. The smallest absolute Gasteiger partial charge is 0.0810 e. The van der Waals surface area contributed by atoms with E-state index >= 15 is 0 Å². The summed E-state index contributed by atoms with van der Waals surface area (Å²) in [6, 6.07) is 0. The maximum absolute atomic E-state index is 8.62. The zero-order chi connectivity index (χ0) is 6.69. The van der Waals surface area contributed by atoms with Gasteiger partial charge in [0, 0.05) is 12.5 Å². The average molecular weight is 132 g/mol. The third kappa shape index (κ3) is 1.64. The summed E-state index contributed by atoms with van der Waals surface area (Å²) < 4.78 is 5.10. The minimum Gasteiger partial charge on any atom is -0.396 e. The molecule has 1 heterocycles. The summed E-state index contributed by atoms with van der Waals surface area (Å²) in [6.07, 6.45) is 0.773. The minimum absolute atomic E-state index is 0.0258. The summed E-state index contributed by atoms with van der Waals surface area (Å²) in [6.45, 7) is 0.856. The minimum atomic E-state index is -0.0258. The summed E-state index contributed by atoms with van der Waals surface area (Å²) in [4.78, 5) is 0. The number of aliphatic hydroxyl groups is 2.